The molecule has 4 nitrogen and oxygen atoms in total. The summed E-state index contributed by atoms with van der Waals surface area (Å²) in [5, 5.41) is 9.35. The van der Waals surface area contributed by atoms with E-state index in [1.165, 1.54) is 22.3 Å². The molecule has 26 heavy (non-hydrogen) atoms. The zero-order valence-corrected chi connectivity index (χ0v) is 14.7. The number of carbonyl (C=O) groups is 1. The second-order valence-electron chi connectivity index (χ2n) is 7.80. The molecule has 1 aliphatic heterocycles. The zero-order chi connectivity index (χ0) is 17.7. The minimum absolute atomic E-state index is 0.109. The Morgan fingerprint density at radius 1 is 1.04 bits per heavy atom. The number of ether oxygens (including phenoxy) is 1. The van der Waals surface area contributed by atoms with Crippen molar-refractivity contribution in [2.24, 2.45) is 11.8 Å². The molecular formula is C22H23NO3. The van der Waals surface area contributed by atoms with Gasteiger partial charge in [0.05, 0.1) is 0 Å². The standard InChI is InChI=1S/C22H23NO3/c24-12-14-9-15-11-23(21(15)10-14)22(25)26-13-20-18-7-3-1-5-16(18)17-6-2-4-8-19(17)20/h1-8,14-15,20-21,24H,9-13H2/t14-,15+,21+/m1/s1. The van der Waals surface area contributed by atoms with E-state index in [1.54, 1.807) is 0 Å². The average molecular weight is 349 g/mol. The van der Waals surface area contributed by atoms with Crippen molar-refractivity contribution in [1.29, 1.82) is 0 Å². The predicted octanol–water partition coefficient (Wildman–Crippen LogP) is 3.64. The van der Waals surface area contributed by atoms with Gasteiger partial charge in [0.15, 0.2) is 0 Å². The number of amides is 1. The van der Waals surface area contributed by atoms with E-state index < -0.39 is 0 Å². The Hall–Kier alpha value is -2.33. The molecule has 2 aliphatic carbocycles. The number of rotatable bonds is 3. The Morgan fingerprint density at radius 3 is 2.35 bits per heavy atom. The normalized spacial score (nSPS) is 26.0. The SMILES string of the molecule is O=C(OCC1c2ccccc2-c2ccccc21)N1C[C@@H]2C[C@@H](CO)C[C@@H]21. The van der Waals surface area contributed by atoms with Gasteiger partial charge >= 0.3 is 6.09 Å². The topological polar surface area (TPSA) is 49.8 Å². The monoisotopic (exact) mass is 349 g/mol. The molecule has 0 radical (unpaired) electrons. The number of aliphatic hydroxyl groups is 1. The van der Waals surface area contributed by atoms with Gasteiger partial charge in [0, 0.05) is 25.1 Å². The Kier molecular flexibility index (Phi) is 3.75. The maximum atomic E-state index is 12.6. The Balaban J connectivity index is 1.30. The van der Waals surface area contributed by atoms with Gasteiger partial charge in [-0.05, 0) is 46.9 Å². The average Bonchev–Trinajstić information content (AvgIpc) is 3.16. The summed E-state index contributed by atoms with van der Waals surface area (Å²) in [5.74, 6) is 1.00. The summed E-state index contributed by atoms with van der Waals surface area (Å²) in [7, 11) is 0. The van der Waals surface area contributed by atoms with E-state index in [0.29, 0.717) is 18.4 Å². The van der Waals surface area contributed by atoms with E-state index in [4.69, 9.17) is 4.74 Å². The third-order valence-corrected chi connectivity index (χ3v) is 6.42. The number of benzene rings is 2. The Morgan fingerprint density at radius 2 is 1.69 bits per heavy atom. The number of likely N-dealkylation sites (tertiary alicyclic amines) is 1. The fourth-order valence-corrected chi connectivity index (χ4v) is 5.08. The number of aliphatic hydroxyl groups excluding tert-OH is 1. The van der Waals surface area contributed by atoms with Crippen molar-refractivity contribution in [2.75, 3.05) is 19.8 Å². The van der Waals surface area contributed by atoms with Gasteiger partial charge in [-0.3, -0.25) is 0 Å². The first-order valence-corrected chi connectivity index (χ1v) is 9.48. The second-order valence-corrected chi connectivity index (χ2v) is 7.80. The molecule has 2 aromatic rings. The number of nitrogens with zero attached hydrogens (tertiary/aromatic N) is 1. The second kappa shape index (κ2) is 6.13. The van der Waals surface area contributed by atoms with Crippen LogP contribution >= 0.6 is 0 Å². The Bertz CT molecular complexity index is 803. The number of fused-ring (bicyclic) bond motifs is 4. The van der Waals surface area contributed by atoms with Crippen LogP contribution < -0.4 is 0 Å². The fraction of sp³-hybridized carbons (Fsp3) is 0.409. The lowest BCUT2D eigenvalue weighted by atomic mass is 9.93. The van der Waals surface area contributed by atoms with Crippen molar-refractivity contribution in [3.8, 4) is 11.1 Å². The molecule has 3 atom stereocenters. The first-order valence-electron chi connectivity index (χ1n) is 9.48. The summed E-state index contributed by atoms with van der Waals surface area (Å²) < 4.78 is 5.75. The molecule has 134 valence electrons. The third-order valence-electron chi connectivity index (χ3n) is 6.42. The van der Waals surface area contributed by atoms with E-state index in [-0.39, 0.29) is 24.7 Å². The van der Waals surface area contributed by atoms with Crippen LogP contribution in [0.3, 0.4) is 0 Å². The summed E-state index contributed by atoms with van der Waals surface area (Å²) in [6.07, 6.45) is 1.74. The molecule has 1 saturated carbocycles. The van der Waals surface area contributed by atoms with E-state index in [0.717, 1.165) is 19.4 Å². The molecule has 2 fully saturated rings. The summed E-state index contributed by atoms with van der Waals surface area (Å²) >= 11 is 0. The summed E-state index contributed by atoms with van der Waals surface area (Å²) in [6.45, 7) is 1.38. The molecule has 0 unspecified atom stereocenters. The molecule has 5 rings (SSSR count). The van der Waals surface area contributed by atoms with Crippen molar-refractivity contribution in [2.45, 2.75) is 24.8 Å². The highest BCUT2D eigenvalue weighted by molar-refractivity contribution is 5.79. The van der Waals surface area contributed by atoms with Crippen molar-refractivity contribution >= 4 is 6.09 Å². The molecule has 1 saturated heterocycles. The van der Waals surface area contributed by atoms with Crippen molar-refractivity contribution in [3.05, 3.63) is 59.7 Å². The van der Waals surface area contributed by atoms with Gasteiger partial charge in [-0.1, -0.05) is 48.5 Å². The summed E-state index contributed by atoms with van der Waals surface area (Å²) in [5.41, 5.74) is 4.97. The smallest absolute Gasteiger partial charge is 0.410 e. The van der Waals surface area contributed by atoms with Crippen LogP contribution in [0, 0.1) is 11.8 Å². The first kappa shape index (κ1) is 15.9. The van der Waals surface area contributed by atoms with Gasteiger partial charge in [0.25, 0.3) is 0 Å². The van der Waals surface area contributed by atoms with E-state index in [2.05, 4.69) is 36.4 Å². The van der Waals surface area contributed by atoms with Gasteiger partial charge in [0.1, 0.15) is 6.61 Å². The lowest BCUT2D eigenvalue weighted by Crippen LogP contribution is -2.56. The zero-order valence-electron chi connectivity index (χ0n) is 14.7. The van der Waals surface area contributed by atoms with Crippen molar-refractivity contribution < 1.29 is 14.6 Å². The molecule has 1 amide bonds. The first-order chi connectivity index (χ1) is 12.8. The molecule has 1 heterocycles. The maximum absolute atomic E-state index is 12.6. The van der Waals surface area contributed by atoms with Gasteiger partial charge < -0.3 is 14.7 Å². The highest BCUT2D eigenvalue weighted by atomic mass is 16.6. The molecule has 3 aliphatic rings. The minimum Gasteiger partial charge on any atom is -0.448 e. The van der Waals surface area contributed by atoms with Crippen LogP contribution in [0.15, 0.2) is 48.5 Å². The predicted molar refractivity (Wildman–Crippen MR) is 98.9 cm³/mol. The summed E-state index contributed by atoms with van der Waals surface area (Å²) in [6, 6.07) is 17.0. The van der Waals surface area contributed by atoms with Crippen molar-refractivity contribution in [3.63, 3.8) is 0 Å². The van der Waals surface area contributed by atoms with Crippen LogP contribution in [0.2, 0.25) is 0 Å². The van der Waals surface area contributed by atoms with Crippen LogP contribution in [0.25, 0.3) is 11.1 Å². The molecule has 0 bridgehead atoms. The largest absolute Gasteiger partial charge is 0.448 e. The molecule has 0 aromatic heterocycles. The van der Waals surface area contributed by atoms with Gasteiger partial charge in [-0.25, -0.2) is 4.79 Å². The summed E-state index contributed by atoms with van der Waals surface area (Å²) in [4.78, 5) is 14.4. The van der Waals surface area contributed by atoms with E-state index in [9.17, 15) is 9.90 Å². The van der Waals surface area contributed by atoms with Crippen LogP contribution in [0.5, 0.6) is 0 Å². The molecular weight excluding hydrogens is 326 g/mol. The number of hydrogen-bond donors (Lipinski definition) is 1. The quantitative estimate of drug-likeness (QED) is 0.920. The molecule has 4 heteroatoms. The van der Waals surface area contributed by atoms with E-state index >= 15 is 0 Å². The fourth-order valence-electron chi connectivity index (χ4n) is 5.08. The Labute approximate surface area is 153 Å². The maximum Gasteiger partial charge on any atom is 0.410 e. The highest BCUT2D eigenvalue weighted by Gasteiger charge is 2.48. The van der Waals surface area contributed by atoms with Crippen molar-refractivity contribution in [1.82, 2.24) is 4.90 Å². The van der Waals surface area contributed by atoms with Gasteiger partial charge in [0.2, 0.25) is 0 Å². The van der Waals surface area contributed by atoms with Crippen LogP contribution in [0.4, 0.5) is 4.79 Å². The lowest BCUT2D eigenvalue weighted by molar-refractivity contribution is 0.0196. The molecule has 2 aromatic carbocycles. The molecule has 0 spiro atoms. The van der Waals surface area contributed by atoms with Gasteiger partial charge in [-0.15, -0.1) is 0 Å². The van der Waals surface area contributed by atoms with E-state index in [1.807, 2.05) is 17.0 Å². The van der Waals surface area contributed by atoms with Crippen LogP contribution in [-0.2, 0) is 4.74 Å². The molecule has 1 N–H and O–H groups in total. The minimum atomic E-state index is -0.202. The number of carbonyl (C=O) groups excluding carboxylic acids is 1. The van der Waals surface area contributed by atoms with Gasteiger partial charge in [-0.2, -0.15) is 0 Å². The van der Waals surface area contributed by atoms with Crippen LogP contribution in [-0.4, -0.2) is 41.9 Å². The van der Waals surface area contributed by atoms with Crippen LogP contribution in [0.1, 0.15) is 29.9 Å². The number of hydrogen-bond acceptors (Lipinski definition) is 3. The highest BCUT2D eigenvalue weighted by Crippen LogP contribution is 2.45. The third kappa shape index (κ3) is 2.36. The lowest BCUT2D eigenvalue weighted by Gasteiger charge is -2.43.